The van der Waals surface area contributed by atoms with Gasteiger partial charge >= 0.3 is 11.9 Å². The molecule has 0 unspecified atom stereocenters. The molecule has 1 rings (SSSR count). The summed E-state index contributed by atoms with van der Waals surface area (Å²) < 4.78 is 15.7. The van der Waals surface area contributed by atoms with E-state index in [1.54, 1.807) is 6.92 Å². The fourth-order valence-corrected chi connectivity index (χ4v) is 2.07. The minimum atomic E-state index is -1.21. The summed E-state index contributed by atoms with van der Waals surface area (Å²) in [4.78, 5) is 23.1. The van der Waals surface area contributed by atoms with Crippen molar-refractivity contribution < 1.29 is 28.9 Å². The number of hydrogen-bond acceptors (Lipinski definition) is 7. The molecule has 150 valence electrons. The van der Waals surface area contributed by atoms with Gasteiger partial charge in [-0.15, -0.1) is 0 Å². The molecule has 0 fully saturated rings. The van der Waals surface area contributed by atoms with Gasteiger partial charge in [0.1, 0.15) is 12.6 Å². The molecule has 0 aliphatic heterocycles. The standard InChI is InChI=1S/C18H26N2O6S/c1-13(19)17(27)20-15(18(22)23)11-16(21)26-10-9-24-7-8-25-12-14-5-3-2-4-6-14/h2-6,13,15H,7-12,19H2,1H3,(H,20,27)(H,22,23)/t13-,15-/m0/s1. The number of hydrogen-bond donors (Lipinski definition) is 3. The summed E-state index contributed by atoms with van der Waals surface area (Å²) in [6.45, 7) is 3.14. The quantitative estimate of drug-likeness (QED) is 0.252. The van der Waals surface area contributed by atoms with E-state index in [0.717, 1.165) is 5.56 Å². The van der Waals surface area contributed by atoms with Crippen molar-refractivity contribution in [2.75, 3.05) is 26.4 Å². The lowest BCUT2D eigenvalue weighted by molar-refractivity contribution is -0.150. The number of nitrogens with two attached hydrogens (primary N) is 1. The van der Waals surface area contributed by atoms with Crippen LogP contribution in [0, 0.1) is 0 Å². The van der Waals surface area contributed by atoms with Crippen molar-refractivity contribution in [3.8, 4) is 0 Å². The minimum Gasteiger partial charge on any atom is -0.480 e. The number of carbonyl (C=O) groups is 2. The van der Waals surface area contributed by atoms with Crippen LogP contribution in [0.15, 0.2) is 30.3 Å². The van der Waals surface area contributed by atoms with E-state index in [0.29, 0.717) is 19.8 Å². The Hall–Kier alpha value is -2.07. The molecule has 0 heterocycles. The van der Waals surface area contributed by atoms with E-state index in [4.69, 9.17) is 37.3 Å². The van der Waals surface area contributed by atoms with Gasteiger partial charge in [0, 0.05) is 0 Å². The summed E-state index contributed by atoms with van der Waals surface area (Å²) >= 11 is 4.93. The Morgan fingerprint density at radius 1 is 1.15 bits per heavy atom. The van der Waals surface area contributed by atoms with Crippen LogP contribution in [-0.2, 0) is 30.4 Å². The maximum absolute atomic E-state index is 11.7. The Bertz CT molecular complexity index is 597. The fraction of sp³-hybridized carbons (Fsp3) is 0.500. The summed E-state index contributed by atoms with van der Waals surface area (Å²) in [6.07, 6.45) is -0.359. The van der Waals surface area contributed by atoms with E-state index in [1.807, 2.05) is 30.3 Å². The van der Waals surface area contributed by atoms with E-state index >= 15 is 0 Å². The molecule has 4 N–H and O–H groups in total. The second-order valence-electron chi connectivity index (χ2n) is 5.76. The molecule has 0 amide bonds. The molecule has 0 aliphatic carbocycles. The van der Waals surface area contributed by atoms with Crippen molar-refractivity contribution in [3.05, 3.63) is 35.9 Å². The lowest BCUT2D eigenvalue weighted by atomic mass is 10.2. The highest BCUT2D eigenvalue weighted by Crippen LogP contribution is 2.00. The zero-order chi connectivity index (χ0) is 20.1. The van der Waals surface area contributed by atoms with Gasteiger partial charge in [-0.3, -0.25) is 4.79 Å². The van der Waals surface area contributed by atoms with Gasteiger partial charge in [-0.25, -0.2) is 4.79 Å². The van der Waals surface area contributed by atoms with Crippen molar-refractivity contribution in [3.63, 3.8) is 0 Å². The molecular weight excluding hydrogens is 372 g/mol. The van der Waals surface area contributed by atoms with Crippen LogP contribution in [0.1, 0.15) is 18.9 Å². The molecule has 0 radical (unpaired) electrons. The maximum Gasteiger partial charge on any atom is 0.326 e. The van der Waals surface area contributed by atoms with Gasteiger partial charge < -0.3 is 30.4 Å². The summed E-state index contributed by atoms with van der Waals surface area (Å²) in [5.74, 6) is -1.87. The highest BCUT2D eigenvalue weighted by atomic mass is 32.1. The van der Waals surface area contributed by atoms with Crippen LogP contribution in [0.2, 0.25) is 0 Å². The second kappa shape index (κ2) is 13.2. The first-order chi connectivity index (χ1) is 12.9. The largest absolute Gasteiger partial charge is 0.480 e. The van der Waals surface area contributed by atoms with Gasteiger partial charge in [0.2, 0.25) is 0 Å². The third-order valence-electron chi connectivity index (χ3n) is 3.37. The molecule has 0 saturated heterocycles. The molecule has 9 heteroatoms. The first kappa shape index (κ1) is 23.0. The molecule has 0 aromatic heterocycles. The zero-order valence-electron chi connectivity index (χ0n) is 15.3. The fourth-order valence-electron chi connectivity index (χ4n) is 1.93. The number of ether oxygens (including phenoxy) is 3. The molecule has 8 nitrogen and oxygen atoms in total. The van der Waals surface area contributed by atoms with E-state index < -0.39 is 24.0 Å². The Balaban J connectivity index is 2.10. The molecule has 0 saturated carbocycles. The van der Waals surface area contributed by atoms with Crippen molar-refractivity contribution in [2.24, 2.45) is 5.73 Å². The topological polar surface area (TPSA) is 120 Å². The molecule has 1 aromatic carbocycles. The van der Waals surface area contributed by atoms with Crippen LogP contribution in [0.25, 0.3) is 0 Å². The summed E-state index contributed by atoms with van der Waals surface area (Å²) in [5.41, 5.74) is 6.64. The van der Waals surface area contributed by atoms with Crippen LogP contribution in [0.5, 0.6) is 0 Å². The van der Waals surface area contributed by atoms with Crippen molar-refractivity contribution in [1.29, 1.82) is 0 Å². The molecule has 0 spiro atoms. The van der Waals surface area contributed by atoms with E-state index in [1.165, 1.54) is 0 Å². The number of carboxylic acids is 1. The lowest BCUT2D eigenvalue weighted by Gasteiger charge is -2.17. The van der Waals surface area contributed by atoms with E-state index in [9.17, 15) is 9.59 Å². The monoisotopic (exact) mass is 398 g/mol. The lowest BCUT2D eigenvalue weighted by Crippen LogP contribution is -2.47. The van der Waals surface area contributed by atoms with Crippen molar-refractivity contribution in [2.45, 2.75) is 32.0 Å². The summed E-state index contributed by atoms with van der Waals surface area (Å²) in [7, 11) is 0. The Labute approximate surface area is 164 Å². The maximum atomic E-state index is 11.7. The predicted octanol–water partition coefficient (Wildman–Crippen LogP) is 0.871. The van der Waals surface area contributed by atoms with Gasteiger partial charge in [-0.2, -0.15) is 0 Å². The number of benzene rings is 1. The molecular formula is C18H26N2O6S. The molecule has 27 heavy (non-hydrogen) atoms. The Morgan fingerprint density at radius 2 is 1.78 bits per heavy atom. The smallest absolute Gasteiger partial charge is 0.326 e. The third-order valence-corrected chi connectivity index (χ3v) is 3.86. The highest BCUT2D eigenvalue weighted by Gasteiger charge is 2.23. The highest BCUT2D eigenvalue weighted by molar-refractivity contribution is 7.80. The molecule has 0 aliphatic rings. The Kier molecular flexibility index (Phi) is 11.2. The number of thiocarbonyl (C=S) groups is 1. The van der Waals surface area contributed by atoms with Crippen molar-refractivity contribution >= 4 is 29.1 Å². The normalized spacial score (nSPS) is 12.8. The average molecular weight is 398 g/mol. The van der Waals surface area contributed by atoms with Gasteiger partial charge in [-0.1, -0.05) is 42.5 Å². The van der Waals surface area contributed by atoms with Gasteiger partial charge in [0.15, 0.2) is 0 Å². The summed E-state index contributed by atoms with van der Waals surface area (Å²) in [6, 6.07) is 8.09. The minimum absolute atomic E-state index is 0.0294. The van der Waals surface area contributed by atoms with Crippen LogP contribution >= 0.6 is 12.2 Å². The predicted molar refractivity (Wildman–Crippen MR) is 103 cm³/mol. The van der Waals surface area contributed by atoms with Gasteiger partial charge in [0.25, 0.3) is 0 Å². The third kappa shape index (κ3) is 10.6. The van der Waals surface area contributed by atoms with Crippen LogP contribution in [0.3, 0.4) is 0 Å². The number of rotatable bonds is 13. The first-order valence-electron chi connectivity index (χ1n) is 8.54. The number of nitrogens with one attached hydrogen (secondary N) is 1. The molecule has 1 aromatic rings. The molecule has 0 bridgehead atoms. The summed E-state index contributed by atoms with van der Waals surface area (Å²) in [5, 5.41) is 11.7. The van der Waals surface area contributed by atoms with Crippen LogP contribution < -0.4 is 11.1 Å². The average Bonchev–Trinajstić information content (AvgIpc) is 2.63. The van der Waals surface area contributed by atoms with Gasteiger partial charge in [-0.05, 0) is 12.5 Å². The molecule has 2 atom stereocenters. The first-order valence-corrected chi connectivity index (χ1v) is 8.94. The Morgan fingerprint density at radius 3 is 2.41 bits per heavy atom. The number of carbonyl (C=O) groups excluding carboxylic acids is 1. The van der Waals surface area contributed by atoms with E-state index in [2.05, 4.69) is 5.32 Å². The number of aliphatic carboxylic acids is 1. The van der Waals surface area contributed by atoms with Crippen molar-refractivity contribution in [1.82, 2.24) is 5.32 Å². The van der Waals surface area contributed by atoms with Crippen LogP contribution in [-0.4, -0.2) is 60.5 Å². The van der Waals surface area contributed by atoms with Gasteiger partial charge in [0.05, 0.1) is 43.9 Å². The number of carboxylic acid groups (broad SMARTS) is 1. The number of esters is 1. The van der Waals surface area contributed by atoms with Crippen LogP contribution in [0.4, 0.5) is 0 Å². The second-order valence-corrected chi connectivity index (χ2v) is 6.20. The SMILES string of the molecule is C[C@H](N)C(=S)N[C@@H](CC(=O)OCCOCCOCc1ccccc1)C(=O)O. The van der Waals surface area contributed by atoms with E-state index in [-0.39, 0.29) is 24.6 Å². The zero-order valence-corrected chi connectivity index (χ0v) is 16.1.